The number of carbonyl (C=O) groups excluding carboxylic acids is 1. The molecule has 0 spiro atoms. The summed E-state index contributed by atoms with van der Waals surface area (Å²) in [5.41, 5.74) is 1.35. The lowest BCUT2D eigenvalue weighted by atomic mass is 9.92. The lowest BCUT2D eigenvalue weighted by Gasteiger charge is -2.27. The molecule has 23 heavy (non-hydrogen) atoms. The topological polar surface area (TPSA) is 79.8 Å². The second-order valence-electron chi connectivity index (χ2n) is 6.80. The Morgan fingerprint density at radius 2 is 2.04 bits per heavy atom. The van der Waals surface area contributed by atoms with E-state index in [0.29, 0.717) is 12.3 Å². The normalized spacial score (nSPS) is 31.3. The minimum atomic E-state index is -0.655. The van der Waals surface area contributed by atoms with Gasteiger partial charge in [-0.1, -0.05) is 6.58 Å². The van der Waals surface area contributed by atoms with Crippen molar-refractivity contribution in [3.8, 4) is 0 Å². The van der Waals surface area contributed by atoms with Gasteiger partial charge < -0.3 is 25.2 Å². The maximum atomic E-state index is 11.3. The van der Waals surface area contributed by atoms with Crippen molar-refractivity contribution in [2.24, 2.45) is 11.8 Å². The monoisotopic (exact) mass is 324 g/mol. The molecule has 0 bridgehead atoms. The molecule has 1 unspecified atom stereocenters. The van der Waals surface area contributed by atoms with Gasteiger partial charge in [-0.15, -0.1) is 0 Å². The highest BCUT2D eigenvalue weighted by atomic mass is 16.5. The summed E-state index contributed by atoms with van der Waals surface area (Å²) in [6.45, 7) is 12.3. The number of nitrogens with one attached hydrogen (secondary N) is 2. The Balaban J connectivity index is 2.15. The third-order valence-electron chi connectivity index (χ3n) is 4.21. The average molecular weight is 324 g/mol. The van der Waals surface area contributed by atoms with Crippen LogP contribution >= 0.6 is 0 Å². The van der Waals surface area contributed by atoms with E-state index in [1.165, 1.54) is 0 Å². The number of aliphatic hydroxyl groups excluding tert-OH is 1. The highest BCUT2D eigenvalue weighted by Gasteiger charge is 2.46. The van der Waals surface area contributed by atoms with Crippen LogP contribution in [-0.4, -0.2) is 42.2 Å². The fourth-order valence-electron chi connectivity index (χ4n) is 3.21. The van der Waals surface area contributed by atoms with Crippen LogP contribution in [-0.2, 0) is 9.47 Å². The number of hydrogen-bond donors (Lipinski definition) is 3. The molecule has 0 radical (unpaired) electrons. The Bertz CT molecular complexity index is 487. The molecule has 1 fully saturated rings. The standard InChI is InChI=1S/C17H28N2O4/c1-9(2)22-8-12-6-13(15(20)16(12)23-10(3)4)14-7-18-17(21)19-11(14)5/h7,9-10,12-13,15-16,20H,5-6,8H2,1-4H3,(H2,18,19,21)/t12-,13+,15-,16?/m1/s1. The molecule has 2 aliphatic rings. The van der Waals surface area contributed by atoms with Gasteiger partial charge in [0.25, 0.3) is 0 Å². The van der Waals surface area contributed by atoms with E-state index in [1.807, 2.05) is 27.7 Å². The number of hydrogen-bond acceptors (Lipinski definition) is 4. The van der Waals surface area contributed by atoms with Gasteiger partial charge >= 0.3 is 6.03 Å². The number of carbonyl (C=O) groups is 1. The number of allylic oxidation sites excluding steroid dienone is 1. The Morgan fingerprint density at radius 3 is 2.61 bits per heavy atom. The number of ether oxygens (including phenoxy) is 2. The van der Waals surface area contributed by atoms with Crippen molar-refractivity contribution in [1.82, 2.24) is 10.6 Å². The van der Waals surface area contributed by atoms with Gasteiger partial charge in [0, 0.05) is 23.7 Å². The first-order chi connectivity index (χ1) is 10.8. The van der Waals surface area contributed by atoms with Crippen LogP contribution in [0.2, 0.25) is 0 Å². The first-order valence-corrected chi connectivity index (χ1v) is 8.21. The van der Waals surface area contributed by atoms with Crippen molar-refractivity contribution < 1.29 is 19.4 Å². The smallest absolute Gasteiger partial charge is 0.323 e. The Hall–Kier alpha value is -1.37. The molecule has 0 aromatic rings. The van der Waals surface area contributed by atoms with E-state index in [4.69, 9.17) is 9.47 Å². The molecule has 2 rings (SSSR count). The largest absolute Gasteiger partial charge is 0.390 e. The lowest BCUT2D eigenvalue weighted by Crippen LogP contribution is -2.40. The van der Waals surface area contributed by atoms with E-state index in [9.17, 15) is 9.90 Å². The second-order valence-corrected chi connectivity index (χ2v) is 6.80. The summed E-state index contributed by atoms with van der Waals surface area (Å²) in [7, 11) is 0. The molecule has 0 aromatic carbocycles. The van der Waals surface area contributed by atoms with E-state index in [1.54, 1.807) is 6.20 Å². The molecular weight excluding hydrogens is 296 g/mol. The molecular formula is C17H28N2O4. The highest BCUT2D eigenvalue weighted by Crippen LogP contribution is 2.40. The molecule has 1 saturated carbocycles. The Kier molecular flexibility index (Phi) is 5.84. The fourth-order valence-corrected chi connectivity index (χ4v) is 3.21. The summed E-state index contributed by atoms with van der Waals surface area (Å²) >= 11 is 0. The first-order valence-electron chi connectivity index (χ1n) is 8.21. The number of rotatable bonds is 6. The van der Waals surface area contributed by atoms with Gasteiger partial charge in [-0.05, 0) is 39.7 Å². The zero-order chi connectivity index (χ0) is 17.1. The third kappa shape index (κ3) is 4.34. The summed E-state index contributed by atoms with van der Waals surface area (Å²) in [6, 6.07) is -0.305. The van der Waals surface area contributed by atoms with Crippen molar-refractivity contribution in [3.63, 3.8) is 0 Å². The van der Waals surface area contributed by atoms with E-state index in [0.717, 1.165) is 12.0 Å². The van der Waals surface area contributed by atoms with Crippen LogP contribution < -0.4 is 10.6 Å². The number of amides is 2. The zero-order valence-corrected chi connectivity index (χ0v) is 14.3. The van der Waals surface area contributed by atoms with Crippen LogP contribution in [0.4, 0.5) is 4.79 Å². The molecule has 1 aliphatic heterocycles. The Labute approximate surface area is 137 Å². The van der Waals surface area contributed by atoms with Crippen molar-refractivity contribution in [2.45, 2.75) is 58.5 Å². The van der Waals surface area contributed by atoms with E-state index < -0.39 is 6.10 Å². The predicted molar refractivity (Wildman–Crippen MR) is 87.6 cm³/mol. The third-order valence-corrected chi connectivity index (χ3v) is 4.21. The van der Waals surface area contributed by atoms with Crippen LogP contribution in [0.5, 0.6) is 0 Å². The van der Waals surface area contributed by atoms with Gasteiger partial charge in [0.2, 0.25) is 0 Å². The second kappa shape index (κ2) is 7.47. The molecule has 1 heterocycles. The van der Waals surface area contributed by atoms with E-state index in [2.05, 4.69) is 17.2 Å². The number of aliphatic hydroxyl groups is 1. The van der Waals surface area contributed by atoms with Crippen LogP contribution in [0.15, 0.2) is 24.0 Å². The molecule has 130 valence electrons. The van der Waals surface area contributed by atoms with Gasteiger partial charge in [0.1, 0.15) is 0 Å². The maximum absolute atomic E-state index is 11.3. The summed E-state index contributed by atoms with van der Waals surface area (Å²) in [5.74, 6) is -0.0359. The fraction of sp³-hybridized carbons (Fsp3) is 0.706. The first kappa shape index (κ1) is 18.0. The van der Waals surface area contributed by atoms with E-state index >= 15 is 0 Å². The summed E-state index contributed by atoms with van der Waals surface area (Å²) in [4.78, 5) is 11.3. The van der Waals surface area contributed by atoms with Crippen molar-refractivity contribution in [2.75, 3.05) is 6.61 Å². The summed E-state index contributed by atoms with van der Waals surface area (Å²) in [5, 5.41) is 16.0. The van der Waals surface area contributed by atoms with Crippen molar-refractivity contribution in [3.05, 3.63) is 24.0 Å². The lowest BCUT2D eigenvalue weighted by molar-refractivity contribution is -0.0894. The van der Waals surface area contributed by atoms with Crippen LogP contribution in [0.3, 0.4) is 0 Å². The maximum Gasteiger partial charge on any atom is 0.323 e. The minimum Gasteiger partial charge on any atom is -0.390 e. The Morgan fingerprint density at radius 1 is 1.35 bits per heavy atom. The van der Waals surface area contributed by atoms with Gasteiger partial charge in [-0.2, -0.15) is 0 Å². The van der Waals surface area contributed by atoms with Crippen LogP contribution in [0.25, 0.3) is 0 Å². The zero-order valence-electron chi connectivity index (χ0n) is 14.3. The van der Waals surface area contributed by atoms with Gasteiger partial charge in [0.05, 0.1) is 31.0 Å². The quantitative estimate of drug-likeness (QED) is 0.697. The summed E-state index contributed by atoms with van der Waals surface area (Å²) < 4.78 is 11.7. The predicted octanol–water partition coefficient (Wildman–Crippen LogP) is 1.91. The van der Waals surface area contributed by atoms with Crippen LogP contribution in [0.1, 0.15) is 34.1 Å². The van der Waals surface area contributed by atoms with Crippen molar-refractivity contribution in [1.29, 1.82) is 0 Å². The molecule has 3 N–H and O–H groups in total. The molecule has 1 aliphatic carbocycles. The van der Waals surface area contributed by atoms with Gasteiger partial charge in [0.15, 0.2) is 0 Å². The highest BCUT2D eigenvalue weighted by molar-refractivity contribution is 5.80. The van der Waals surface area contributed by atoms with Crippen molar-refractivity contribution >= 4 is 6.03 Å². The molecule has 0 saturated heterocycles. The van der Waals surface area contributed by atoms with Gasteiger partial charge in [-0.3, -0.25) is 0 Å². The molecule has 6 nitrogen and oxygen atoms in total. The van der Waals surface area contributed by atoms with E-state index in [-0.39, 0.29) is 36.2 Å². The molecule has 6 heteroatoms. The molecule has 4 atom stereocenters. The SMILES string of the molecule is C=C1NC(=O)NC=C1[C@@H]1C[C@H](COC(C)C)C(OC(C)C)[C@@H]1O. The van der Waals surface area contributed by atoms with Crippen LogP contribution in [0, 0.1) is 11.8 Å². The molecule has 0 aromatic heterocycles. The van der Waals surface area contributed by atoms with Gasteiger partial charge in [-0.25, -0.2) is 4.79 Å². The minimum absolute atomic E-state index is 0.0244. The number of urea groups is 1. The average Bonchev–Trinajstić information content (AvgIpc) is 2.73. The summed E-state index contributed by atoms with van der Waals surface area (Å²) in [6.07, 6.45) is 1.58. The molecule has 2 amide bonds.